The van der Waals surface area contributed by atoms with Crippen LogP contribution in [0.15, 0.2) is 46.4 Å². The Labute approximate surface area is 141 Å². The van der Waals surface area contributed by atoms with Crippen LogP contribution in [0, 0.1) is 11.3 Å². The van der Waals surface area contributed by atoms with E-state index < -0.39 is 0 Å². The monoisotopic (exact) mass is 310 g/mol. The Hall–Kier alpha value is -1.70. The van der Waals surface area contributed by atoms with E-state index in [0.29, 0.717) is 23.4 Å². The maximum Gasteiger partial charge on any atom is 0.0680 e. The van der Waals surface area contributed by atoms with Crippen molar-refractivity contribution in [3.8, 4) is 0 Å². The van der Waals surface area contributed by atoms with Crippen LogP contribution >= 0.6 is 0 Å². The first-order valence-corrected chi connectivity index (χ1v) is 8.69. The standard InChI is InChI=1S/C21H30N2/c1-16(2)22-14-17-6-8-18(9-7-17)15-23-20-12-10-19(11-13-20)21(3,4)5/h6-10,12,14-16,19-20H,11,13H2,1-5H3. The lowest BCUT2D eigenvalue weighted by atomic mass is 9.75. The molecule has 0 spiro atoms. The van der Waals surface area contributed by atoms with Crippen molar-refractivity contribution in [2.45, 2.75) is 59.5 Å². The fourth-order valence-corrected chi connectivity index (χ4v) is 2.74. The summed E-state index contributed by atoms with van der Waals surface area (Å²) >= 11 is 0. The molecule has 0 saturated carbocycles. The maximum absolute atomic E-state index is 4.73. The molecule has 0 heterocycles. The summed E-state index contributed by atoms with van der Waals surface area (Å²) in [6.45, 7) is 11.1. The topological polar surface area (TPSA) is 24.7 Å². The minimum absolute atomic E-state index is 0.329. The van der Waals surface area contributed by atoms with Crippen LogP contribution in [0.4, 0.5) is 0 Å². The van der Waals surface area contributed by atoms with Gasteiger partial charge < -0.3 is 0 Å². The van der Waals surface area contributed by atoms with E-state index in [1.54, 1.807) is 0 Å². The van der Waals surface area contributed by atoms with Crippen molar-refractivity contribution in [3.05, 3.63) is 47.5 Å². The molecule has 0 aromatic heterocycles. The molecule has 0 amide bonds. The van der Waals surface area contributed by atoms with Gasteiger partial charge in [-0.3, -0.25) is 9.98 Å². The van der Waals surface area contributed by atoms with E-state index in [9.17, 15) is 0 Å². The number of aliphatic imine (C=N–C) groups is 2. The van der Waals surface area contributed by atoms with Crippen molar-refractivity contribution in [1.29, 1.82) is 0 Å². The lowest BCUT2D eigenvalue weighted by Gasteiger charge is -2.31. The van der Waals surface area contributed by atoms with E-state index in [-0.39, 0.29) is 0 Å². The molecule has 0 radical (unpaired) electrons. The van der Waals surface area contributed by atoms with Gasteiger partial charge in [0.2, 0.25) is 0 Å². The number of hydrogen-bond acceptors (Lipinski definition) is 2. The number of rotatable bonds is 4. The van der Waals surface area contributed by atoms with Gasteiger partial charge in [-0.05, 0) is 49.1 Å². The summed E-state index contributed by atoms with van der Waals surface area (Å²) in [5.41, 5.74) is 2.65. The van der Waals surface area contributed by atoms with Crippen molar-refractivity contribution in [1.82, 2.24) is 0 Å². The largest absolute Gasteiger partial charge is 0.290 e. The van der Waals surface area contributed by atoms with Gasteiger partial charge in [0.1, 0.15) is 0 Å². The van der Waals surface area contributed by atoms with E-state index in [2.05, 4.69) is 76.0 Å². The summed E-state index contributed by atoms with van der Waals surface area (Å²) in [5.74, 6) is 0.675. The lowest BCUT2D eigenvalue weighted by Crippen LogP contribution is -2.23. The van der Waals surface area contributed by atoms with Crippen molar-refractivity contribution in [2.24, 2.45) is 21.3 Å². The Morgan fingerprint density at radius 3 is 2.04 bits per heavy atom. The first-order valence-electron chi connectivity index (χ1n) is 8.69. The molecule has 2 atom stereocenters. The summed E-state index contributed by atoms with van der Waals surface area (Å²) in [4.78, 5) is 9.13. The third kappa shape index (κ3) is 5.78. The lowest BCUT2D eigenvalue weighted by molar-refractivity contribution is 0.263. The Bertz CT molecular complexity index is 571. The SMILES string of the molecule is CC(C)N=Cc1ccc(C=NC2C=CC(C(C)(C)C)CC2)cc1. The van der Waals surface area contributed by atoms with Crippen LogP contribution in [0.25, 0.3) is 0 Å². The third-order valence-corrected chi connectivity index (χ3v) is 4.32. The fraction of sp³-hybridized carbons (Fsp3) is 0.524. The van der Waals surface area contributed by atoms with Gasteiger partial charge in [0, 0.05) is 18.5 Å². The molecule has 23 heavy (non-hydrogen) atoms. The Balaban J connectivity index is 1.94. The van der Waals surface area contributed by atoms with E-state index in [1.165, 1.54) is 6.42 Å². The number of allylic oxidation sites excluding steroid dienone is 1. The van der Waals surface area contributed by atoms with E-state index in [1.807, 2.05) is 12.4 Å². The zero-order chi connectivity index (χ0) is 16.9. The molecule has 0 saturated heterocycles. The zero-order valence-corrected chi connectivity index (χ0v) is 15.2. The number of hydrogen-bond donors (Lipinski definition) is 0. The van der Waals surface area contributed by atoms with Gasteiger partial charge in [0.05, 0.1) is 6.04 Å². The molecule has 1 aromatic carbocycles. The average molecular weight is 310 g/mol. The van der Waals surface area contributed by atoms with Crippen LogP contribution in [-0.2, 0) is 0 Å². The highest BCUT2D eigenvalue weighted by Gasteiger charge is 2.25. The highest BCUT2D eigenvalue weighted by Crippen LogP contribution is 2.34. The van der Waals surface area contributed by atoms with Crippen molar-refractivity contribution in [3.63, 3.8) is 0 Å². The van der Waals surface area contributed by atoms with Crippen molar-refractivity contribution in [2.75, 3.05) is 0 Å². The van der Waals surface area contributed by atoms with Gasteiger partial charge in [0.25, 0.3) is 0 Å². The molecule has 2 nitrogen and oxygen atoms in total. The van der Waals surface area contributed by atoms with Gasteiger partial charge >= 0.3 is 0 Å². The van der Waals surface area contributed by atoms with Gasteiger partial charge in [-0.15, -0.1) is 0 Å². The van der Waals surface area contributed by atoms with Gasteiger partial charge in [-0.2, -0.15) is 0 Å². The van der Waals surface area contributed by atoms with E-state index in [0.717, 1.165) is 17.5 Å². The number of nitrogens with zero attached hydrogens (tertiary/aromatic N) is 2. The van der Waals surface area contributed by atoms with Crippen LogP contribution in [0.3, 0.4) is 0 Å². The van der Waals surface area contributed by atoms with Gasteiger partial charge in [-0.25, -0.2) is 0 Å². The number of benzene rings is 1. The zero-order valence-electron chi connectivity index (χ0n) is 15.2. The van der Waals surface area contributed by atoms with Crippen LogP contribution < -0.4 is 0 Å². The first-order chi connectivity index (χ1) is 10.8. The van der Waals surface area contributed by atoms with Crippen molar-refractivity contribution >= 4 is 12.4 Å². The van der Waals surface area contributed by atoms with E-state index in [4.69, 9.17) is 4.99 Å². The molecular weight excluding hydrogens is 280 g/mol. The summed E-state index contributed by atoms with van der Waals surface area (Å²) in [5, 5.41) is 0. The van der Waals surface area contributed by atoms with Crippen LogP contribution in [0.1, 0.15) is 58.6 Å². The highest BCUT2D eigenvalue weighted by molar-refractivity contribution is 5.84. The average Bonchev–Trinajstić information content (AvgIpc) is 2.51. The summed E-state index contributed by atoms with van der Waals surface area (Å²) < 4.78 is 0. The minimum Gasteiger partial charge on any atom is -0.290 e. The summed E-state index contributed by atoms with van der Waals surface area (Å²) in [7, 11) is 0. The minimum atomic E-state index is 0.329. The summed E-state index contributed by atoms with van der Waals surface area (Å²) in [6, 6.07) is 9.08. The molecule has 0 bridgehead atoms. The Morgan fingerprint density at radius 1 is 0.957 bits per heavy atom. The molecule has 1 aliphatic carbocycles. The van der Waals surface area contributed by atoms with E-state index >= 15 is 0 Å². The molecule has 0 fully saturated rings. The molecular formula is C21H30N2. The summed E-state index contributed by atoms with van der Waals surface area (Å²) in [6.07, 6.45) is 10.9. The quantitative estimate of drug-likeness (QED) is 0.531. The molecule has 1 aromatic rings. The molecule has 124 valence electrons. The molecule has 0 aliphatic heterocycles. The van der Waals surface area contributed by atoms with Crippen LogP contribution in [0.2, 0.25) is 0 Å². The van der Waals surface area contributed by atoms with Gasteiger partial charge in [-0.1, -0.05) is 57.2 Å². The highest BCUT2D eigenvalue weighted by atomic mass is 14.8. The molecule has 2 heteroatoms. The molecule has 1 aliphatic rings. The Morgan fingerprint density at radius 2 is 1.57 bits per heavy atom. The second-order valence-corrected chi connectivity index (χ2v) is 7.82. The molecule has 2 rings (SSSR count). The molecule has 2 unspecified atom stereocenters. The third-order valence-electron chi connectivity index (χ3n) is 4.32. The second kappa shape index (κ2) is 7.72. The second-order valence-electron chi connectivity index (χ2n) is 7.82. The predicted molar refractivity (Wildman–Crippen MR) is 102 cm³/mol. The smallest absolute Gasteiger partial charge is 0.0680 e. The van der Waals surface area contributed by atoms with Gasteiger partial charge in [0.15, 0.2) is 0 Å². The fourth-order valence-electron chi connectivity index (χ4n) is 2.74. The van der Waals surface area contributed by atoms with Crippen LogP contribution in [-0.4, -0.2) is 24.5 Å². The van der Waals surface area contributed by atoms with Crippen LogP contribution in [0.5, 0.6) is 0 Å². The predicted octanol–water partition coefficient (Wildman–Crippen LogP) is 5.31. The maximum atomic E-state index is 4.73. The Kier molecular flexibility index (Phi) is 5.92. The molecule has 0 N–H and O–H groups in total. The normalized spacial score (nSPS) is 22.5. The first kappa shape index (κ1) is 17.7. The van der Waals surface area contributed by atoms with Crippen molar-refractivity contribution < 1.29 is 0 Å².